The van der Waals surface area contributed by atoms with Crippen molar-refractivity contribution in [2.24, 2.45) is 10.8 Å². The largest absolute Gasteiger partial charge is 0.392 e. The van der Waals surface area contributed by atoms with E-state index in [2.05, 4.69) is 92.7 Å². The van der Waals surface area contributed by atoms with Crippen molar-refractivity contribution >= 4 is 11.9 Å². The molecule has 0 aromatic rings. The maximum atomic E-state index is 12.1. The molecule has 0 heterocycles. The van der Waals surface area contributed by atoms with Crippen LogP contribution in [0.1, 0.15) is 205 Å². The lowest BCUT2D eigenvalue weighted by Gasteiger charge is -2.33. The molecule has 0 bridgehead atoms. The van der Waals surface area contributed by atoms with E-state index in [0.717, 1.165) is 36.0 Å². The predicted molar refractivity (Wildman–Crippen MR) is 261 cm³/mol. The highest BCUT2D eigenvalue weighted by Gasteiger charge is 2.27. The van der Waals surface area contributed by atoms with Crippen molar-refractivity contribution in [1.82, 2.24) is 0 Å². The summed E-state index contributed by atoms with van der Waals surface area (Å²) in [4.78, 5) is 24.1. The second-order valence-corrected chi connectivity index (χ2v) is 18.9. The molecule has 4 nitrogen and oxygen atoms in total. The first kappa shape index (κ1) is 54.5. The van der Waals surface area contributed by atoms with Gasteiger partial charge in [0.2, 0.25) is 0 Å². The van der Waals surface area contributed by atoms with Crippen LogP contribution in [0.2, 0.25) is 0 Å². The number of hydrogen-bond acceptors (Lipinski definition) is 4. The predicted octanol–water partition coefficient (Wildman–Crippen LogP) is 16.6. The van der Waals surface area contributed by atoms with Crippen LogP contribution in [0.3, 0.4) is 0 Å². The number of ether oxygens (including phenoxy) is 1. The van der Waals surface area contributed by atoms with Gasteiger partial charge in [-0.2, -0.15) is 0 Å². The van der Waals surface area contributed by atoms with E-state index in [1.807, 2.05) is 44.2 Å². The van der Waals surface area contributed by atoms with Gasteiger partial charge in [0.1, 0.15) is 0 Å². The molecule has 336 valence electrons. The van der Waals surface area contributed by atoms with Gasteiger partial charge in [-0.1, -0.05) is 206 Å². The number of allylic oxidation sites excluding steroid dienone is 18. The van der Waals surface area contributed by atoms with E-state index in [1.54, 1.807) is 6.08 Å². The molecular formula is C56H88O4. The fraction of sp³-hybridized carbons (Fsp3) is 0.607. The second kappa shape index (κ2) is 31.4. The van der Waals surface area contributed by atoms with Gasteiger partial charge in [-0.3, -0.25) is 4.79 Å². The van der Waals surface area contributed by atoms with E-state index in [-0.39, 0.29) is 12.0 Å². The Kier molecular flexibility index (Phi) is 28.5. The minimum atomic E-state index is -0.584. The number of hydrogen-bond donors (Lipinski definition) is 1. The summed E-state index contributed by atoms with van der Waals surface area (Å²) in [5.74, 6) is -1.01. The van der Waals surface area contributed by atoms with E-state index < -0.39 is 11.9 Å². The van der Waals surface area contributed by atoms with Gasteiger partial charge in [0.05, 0.1) is 6.61 Å². The molecule has 0 aromatic heterocycles. The minimum Gasteiger partial charge on any atom is -0.392 e. The van der Waals surface area contributed by atoms with Gasteiger partial charge in [0.15, 0.2) is 0 Å². The molecule has 2 rings (SSSR count). The summed E-state index contributed by atoms with van der Waals surface area (Å²) < 4.78 is 4.97. The number of aliphatic hydroxyl groups excluding tert-OH is 1. The third-order valence-corrected chi connectivity index (χ3v) is 12.0. The van der Waals surface area contributed by atoms with Gasteiger partial charge in [0.25, 0.3) is 0 Å². The Labute approximate surface area is 369 Å². The first-order valence-corrected chi connectivity index (χ1v) is 23.7. The van der Waals surface area contributed by atoms with Crippen molar-refractivity contribution < 1.29 is 19.4 Å². The molecule has 2 aliphatic carbocycles. The molecule has 0 saturated heterocycles. The summed E-state index contributed by atoms with van der Waals surface area (Å²) in [5, 5.41) is 8.81. The van der Waals surface area contributed by atoms with Crippen LogP contribution in [0.5, 0.6) is 0 Å². The van der Waals surface area contributed by atoms with E-state index >= 15 is 0 Å². The summed E-state index contributed by atoms with van der Waals surface area (Å²) in [6, 6.07) is 0. The van der Waals surface area contributed by atoms with Gasteiger partial charge in [-0.15, -0.1) is 0 Å². The SMILES string of the molecule is CC1=C(/C=C/C(C)=C/C=C/C(C)=C/CO)C(C)(C)CCC1.CCCCCCCCCCCCCCCC(=O)OC(=O)/C=C(C)/C=C/C=C(C)/C=C/C1=C(C)CCCC1(C)C. The zero-order valence-electron chi connectivity index (χ0n) is 40.4. The Hall–Kier alpha value is -3.50. The molecule has 0 aromatic carbocycles. The molecule has 0 unspecified atom stereocenters. The standard InChI is InChI=1S/C36H58O3.C20H30O/c1-7-8-9-10-11-12-13-14-15-16-17-18-19-25-34(37)39-35(38)29-31(3)23-20-22-30(2)26-27-33-32(4)24-21-28-36(33,5)6;1-16(8-6-9-17(2)13-15-21)11-12-19-18(3)10-7-14-20(19,4)5/h20,22-23,26-27,29H,7-19,21,24-25,28H2,1-6H3;6,8-9,11-13,21H,7,10,14-15H2,1-5H3/b23-20+,27-26+,30-22+,31-29+;9-6+,12-11+,16-8+,17-13+. The van der Waals surface area contributed by atoms with E-state index in [4.69, 9.17) is 9.84 Å². The van der Waals surface area contributed by atoms with Crippen LogP contribution in [-0.4, -0.2) is 23.7 Å². The van der Waals surface area contributed by atoms with Crippen molar-refractivity contribution in [2.75, 3.05) is 6.61 Å². The zero-order valence-corrected chi connectivity index (χ0v) is 40.4. The van der Waals surface area contributed by atoms with E-state index in [1.165, 1.54) is 137 Å². The highest BCUT2D eigenvalue weighted by Crippen LogP contribution is 2.41. The highest BCUT2D eigenvalue weighted by atomic mass is 16.6. The fourth-order valence-corrected chi connectivity index (χ4v) is 8.19. The van der Waals surface area contributed by atoms with Crippen molar-refractivity contribution in [3.63, 3.8) is 0 Å². The molecule has 4 heteroatoms. The lowest BCUT2D eigenvalue weighted by molar-refractivity contribution is -0.156. The first-order valence-electron chi connectivity index (χ1n) is 23.7. The highest BCUT2D eigenvalue weighted by molar-refractivity contribution is 5.92. The smallest absolute Gasteiger partial charge is 0.338 e. The average molecular weight is 825 g/mol. The number of unbranched alkanes of at least 4 members (excludes halogenated alkanes) is 12. The first-order chi connectivity index (χ1) is 28.5. The zero-order chi connectivity index (χ0) is 44.8. The average Bonchev–Trinajstić information content (AvgIpc) is 3.16. The van der Waals surface area contributed by atoms with Crippen molar-refractivity contribution in [1.29, 1.82) is 0 Å². The summed E-state index contributed by atoms with van der Waals surface area (Å²) in [7, 11) is 0. The summed E-state index contributed by atoms with van der Waals surface area (Å²) in [5.41, 5.74) is 10.7. The number of rotatable bonds is 24. The third kappa shape index (κ3) is 25.3. The molecule has 0 fully saturated rings. The Morgan fingerprint density at radius 2 is 1.02 bits per heavy atom. The minimum absolute atomic E-state index is 0.0985. The van der Waals surface area contributed by atoms with E-state index in [0.29, 0.717) is 11.8 Å². The Morgan fingerprint density at radius 1 is 0.600 bits per heavy atom. The van der Waals surface area contributed by atoms with Crippen LogP contribution in [0, 0.1) is 10.8 Å². The van der Waals surface area contributed by atoms with Crippen LogP contribution in [0.25, 0.3) is 0 Å². The topological polar surface area (TPSA) is 63.6 Å². The molecule has 60 heavy (non-hydrogen) atoms. The Bertz CT molecular complexity index is 1610. The van der Waals surface area contributed by atoms with Gasteiger partial charge in [0, 0.05) is 12.5 Å². The molecule has 0 amide bonds. The molecule has 0 radical (unpaired) electrons. The second-order valence-electron chi connectivity index (χ2n) is 18.9. The molecule has 0 atom stereocenters. The molecule has 0 aliphatic heterocycles. The summed E-state index contributed by atoms with van der Waals surface area (Å²) in [6.45, 7) is 24.2. The van der Waals surface area contributed by atoms with Crippen LogP contribution in [0.15, 0.2) is 117 Å². The van der Waals surface area contributed by atoms with Gasteiger partial charge in [-0.05, 0) is 114 Å². The number of carbonyl (C=O) groups excluding carboxylic acids is 2. The van der Waals surface area contributed by atoms with E-state index in [9.17, 15) is 9.59 Å². The van der Waals surface area contributed by atoms with Gasteiger partial charge in [-0.25, -0.2) is 4.79 Å². The van der Waals surface area contributed by atoms with Crippen LogP contribution < -0.4 is 0 Å². The van der Waals surface area contributed by atoms with Gasteiger partial charge >= 0.3 is 11.9 Å². The molecule has 0 spiro atoms. The maximum Gasteiger partial charge on any atom is 0.338 e. The molecule has 0 saturated carbocycles. The van der Waals surface area contributed by atoms with Crippen LogP contribution in [0.4, 0.5) is 0 Å². The molecule has 1 N–H and O–H groups in total. The fourth-order valence-electron chi connectivity index (χ4n) is 8.19. The lowest BCUT2D eigenvalue weighted by atomic mass is 9.72. The summed E-state index contributed by atoms with van der Waals surface area (Å²) >= 11 is 0. The number of aliphatic hydroxyl groups is 1. The molecular weight excluding hydrogens is 737 g/mol. The van der Waals surface area contributed by atoms with Crippen LogP contribution >= 0.6 is 0 Å². The lowest BCUT2D eigenvalue weighted by Crippen LogP contribution is -2.19. The molecule has 2 aliphatic rings. The van der Waals surface area contributed by atoms with Crippen molar-refractivity contribution in [3.05, 3.63) is 117 Å². The number of esters is 2. The van der Waals surface area contributed by atoms with Gasteiger partial charge < -0.3 is 9.84 Å². The van der Waals surface area contributed by atoms with Crippen molar-refractivity contribution in [2.45, 2.75) is 205 Å². The normalized spacial score (nSPS) is 18.0. The Morgan fingerprint density at radius 3 is 1.43 bits per heavy atom. The number of carbonyl (C=O) groups is 2. The Balaban J connectivity index is 0.000000719. The summed E-state index contributed by atoms with van der Waals surface area (Å²) in [6.07, 6.45) is 48.3. The van der Waals surface area contributed by atoms with Crippen LogP contribution in [-0.2, 0) is 14.3 Å². The van der Waals surface area contributed by atoms with Crippen molar-refractivity contribution in [3.8, 4) is 0 Å². The third-order valence-electron chi connectivity index (χ3n) is 12.0. The monoisotopic (exact) mass is 825 g/mol. The quantitative estimate of drug-likeness (QED) is 0.0346. The maximum absolute atomic E-state index is 12.1.